The first kappa shape index (κ1) is 11.6. The molecular weight excluding hydrogens is 217 g/mol. The molecule has 1 aromatic carbocycles. The standard InChI is InChI=1S/C13H16FN3/c1-2-3-7-17-9-16-12(13(17)15)10-5-4-6-11(14)8-10/h4-6,8-9H,2-3,7,15H2,1H3. The van der Waals surface area contributed by atoms with E-state index >= 15 is 0 Å². The summed E-state index contributed by atoms with van der Waals surface area (Å²) in [5.74, 6) is 0.328. The number of nitrogen functional groups attached to an aromatic ring is 1. The molecule has 0 fully saturated rings. The van der Waals surface area contributed by atoms with Crippen molar-refractivity contribution in [3.63, 3.8) is 0 Å². The molecule has 0 spiro atoms. The average Bonchev–Trinajstić information content (AvgIpc) is 2.68. The first-order valence-corrected chi connectivity index (χ1v) is 5.79. The molecule has 1 heterocycles. The van der Waals surface area contributed by atoms with E-state index < -0.39 is 0 Å². The number of imidazole rings is 1. The van der Waals surface area contributed by atoms with Crippen LogP contribution < -0.4 is 5.73 Å². The van der Waals surface area contributed by atoms with Gasteiger partial charge in [0, 0.05) is 12.1 Å². The van der Waals surface area contributed by atoms with Gasteiger partial charge in [-0.1, -0.05) is 25.5 Å². The zero-order valence-corrected chi connectivity index (χ0v) is 9.86. The molecule has 2 aromatic rings. The molecule has 0 atom stereocenters. The summed E-state index contributed by atoms with van der Waals surface area (Å²) in [5.41, 5.74) is 7.38. The van der Waals surface area contributed by atoms with E-state index in [4.69, 9.17) is 5.73 Å². The van der Waals surface area contributed by atoms with Gasteiger partial charge in [-0.3, -0.25) is 0 Å². The molecule has 0 radical (unpaired) electrons. The van der Waals surface area contributed by atoms with E-state index in [0.29, 0.717) is 11.5 Å². The van der Waals surface area contributed by atoms with Crippen LogP contribution >= 0.6 is 0 Å². The van der Waals surface area contributed by atoms with Crippen molar-refractivity contribution in [1.29, 1.82) is 0 Å². The zero-order chi connectivity index (χ0) is 12.3. The van der Waals surface area contributed by atoms with Crippen molar-refractivity contribution in [1.82, 2.24) is 9.55 Å². The second-order valence-corrected chi connectivity index (χ2v) is 4.04. The summed E-state index contributed by atoms with van der Waals surface area (Å²) in [6, 6.07) is 6.33. The number of hydrogen-bond acceptors (Lipinski definition) is 2. The Morgan fingerprint density at radius 2 is 2.24 bits per heavy atom. The Bertz CT molecular complexity index is 505. The number of aryl methyl sites for hydroxylation is 1. The number of aromatic nitrogens is 2. The number of hydrogen-bond donors (Lipinski definition) is 1. The second-order valence-electron chi connectivity index (χ2n) is 4.04. The van der Waals surface area contributed by atoms with Gasteiger partial charge in [-0.2, -0.15) is 0 Å². The molecule has 0 saturated heterocycles. The van der Waals surface area contributed by atoms with Gasteiger partial charge in [0.25, 0.3) is 0 Å². The quantitative estimate of drug-likeness (QED) is 0.882. The zero-order valence-electron chi connectivity index (χ0n) is 9.86. The van der Waals surface area contributed by atoms with Crippen molar-refractivity contribution >= 4 is 5.82 Å². The molecule has 17 heavy (non-hydrogen) atoms. The van der Waals surface area contributed by atoms with Gasteiger partial charge in [-0.05, 0) is 18.6 Å². The van der Waals surface area contributed by atoms with E-state index in [2.05, 4.69) is 11.9 Å². The third kappa shape index (κ3) is 2.46. The van der Waals surface area contributed by atoms with E-state index in [1.54, 1.807) is 12.4 Å². The molecule has 0 bridgehead atoms. The lowest BCUT2D eigenvalue weighted by atomic mass is 10.1. The number of anilines is 1. The van der Waals surface area contributed by atoms with Crippen LogP contribution in [-0.4, -0.2) is 9.55 Å². The molecule has 0 aliphatic heterocycles. The van der Waals surface area contributed by atoms with Gasteiger partial charge in [0.1, 0.15) is 17.3 Å². The van der Waals surface area contributed by atoms with E-state index in [9.17, 15) is 4.39 Å². The largest absolute Gasteiger partial charge is 0.383 e. The van der Waals surface area contributed by atoms with Crippen LogP contribution in [0.5, 0.6) is 0 Å². The fourth-order valence-electron chi connectivity index (χ4n) is 1.76. The van der Waals surface area contributed by atoms with Crippen LogP contribution in [0.15, 0.2) is 30.6 Å². The predicted molar refractivity (Wildman–Crippen MR) is 66.9 cm³/mol. The number of nitrogens with zero attached hydrogens (tertiary/aromatic N) is 2. The van der Waals surface area contributed by atoms with Crippen LogP contribution in [0.4, 0.5) is 10.2 Å². The van der Waals surface area contributed by atoms with Crippen LogP contribution in [0.3, 0.4) is 0 Å². The predicted octanol–water partition coefficient (Wildman–Crippen LogP) is 3.07. The molecule has 3 nitrogen and oxygen atoms in total. The highest BCUT2D eigenvalue weighted by Gasteiger charge is 2.09. The summed E-state index contributed by atoms with van der Waals surface area (Å²) in [7, 11) is 0. The van der Waals surface area contributed by atoms with E-state index in [1.165, 1.54) is 12.1 Å². The van der Waals surface area contributed by atoms with Crippen molar-refractivity contribution in [3.8, 4) is 11.3 Å². The van der Waals surface area contributed by atoms with Crippen LogP contribution in [0.2, 0.25) is 0 Å². The smallest absolute Gasteiger partial charge is 0.131 e. The molecule has 0 amide bonds. The Hall–Kier alpha value is -1.84. The van der Waals surface area contributed by atoms with Crippen molar-refractivity contribution in [2.75, 3.05) is 5.73 Å². The van der Waals surface area contributed by atoms with Gasteiger partial charge in [0.2, 0.25) is 0 Å². The second kappa shape index (κ2) is 4.99. The van der Waals surface area contributed by atoms with E-state index in [0.717, 1.165) is 24.9 Å². The van der Waals surface area contributed by atoms with Gasteiger partial charge in [0.15, 0.2) is 0 Å². The number of nitrogens with two attached hydrogens (primary N) is 1. The topological polar surface area (TPSA) is 43.8 Å². The highest BCUT2D eigenvalue weighted by Crippen LogP contribution is 2.24. The Balaban J connectivity index is 2.30. The minimum absolute atomic E-state index is 0.273. The minimum atomic E-state index is -0.273. The summed E-state index contributed by atoms with van der Waals surface area (Å²) < 4.78 is 15.0. The van der Waals surface area contributed by atoms with Crippen molar-refractivity contribution in [2.45, 2.75) is 26.3 Å². The van der Waals surface area contributed by atoms with Crippen molar-refractivity contribution in [2.24, 2.45) is 0 Å². The highest BCUT2D eigenvalue weighted by atomic mass is 19.1. The number of halogens is 1. The molecule has 0 aliphatic carbocycles. The monoisotopic (exact) mass is 233 g/mol. The van der Waals surface area contributed by atoms with Gasteiger partial charge >= 0.3 is 0 Å². The Kier molecular flexibility index (Phi) is 3.42. The van der Waals surface area contributed by atoms with Crippen LogP contribution in [-0.2, 0) is 6.54 Å². The first-order valence-electron chi connectivity index (χ1n) is 5.79. The highest BCUT2D eigenvalue weighted by molar-refractivity contribution is 5.70. The number of rotatable bonds is 4. The van der Waals surface area contributed by atoms with Gasteiger partial charge in [-0.15, -0.1) is 0 Å². The van der Waals surface area contributed by atoms with Crippen LogP contribution in [0, 0.1) is 5.82 Å². The summed E-state index contributed by atoms with van der Waals surface area (Å²) in [4.78, 5) is 4.25. The third-order valence-electron chi connectivity index (χ3n) is 2.73. The maximum atomic E-state index is 13.1. The third-order valence-corrected chi connectivity index (χ3v) is 2.73. The number of unbranched alkanes of at least 4 members (excludes halogenated alkanes) is 1. The van der Waals surface area contributed by atoms with Gasteiger partial charge in [0.05, 0.1) is 6.33 Å². The summed E-state index contributed by atoms with van der Waals surface area (Å²) in [6.07, 6.45) is 3.88. The van der Waals surface area contributed by atoms with Crippen LogP contribution in [0.25, 0.3) is 11.3 Å². The van der Waals surface area contributed by atoms with Gasteiger partial charge in [-0.25, -0.2) is 9.37 Å². The fourth-order valence-corrected chi connectivity index (χ4v) is 1.76. The normalized spacial score (nSPS) is 10.7. The van der Waals surface area contributed by atoms with Gasteiger partial charge < -0.3 is 10.3 Å². The molecule has 0 saturated carbocycles. The lowest BCUT2D eigenvalue weighted by Crippen LogP contribution is -2.02. The minimum Gasteiger partial charge on any atom is -0.383 e. The summed E-state index contributed by atoms with van der Waals surface area (Å²) in [6.45, 7) is 2.98. The lowest BCUT2D eigenvalue weighted by Gasteiger charge is -2.04. The summed E-state index contributed by atoms with van der Waals surface area (Å²) >= 11 is 0. The van der Waals surface area contributed by atoms with Crippen LogP contribution in [0.1, 0.15) is 19.8 Å². The molecule has 1 aromatic heterocycles. The average molecular weight is 233 g/mol. The van der Waals surface area contributed by atoms with E-state index in [1.807, 2.05) is 10.6 Å². The molecule has 0 unspecified atom stereocenters. The Morgan fingerprint density at radius 3 is 2.94 bits per heavy atom. The molecule has 4 heteroatoms. The maximum Gasteiger partial charge on any atom is 0.131 e. The Labute approximate surface area is 100 Å². The maximum absolute atomic E-state index is 13.1. The molecule has 2 rings (SSSR count). The molecular formula is C13H16FN3. The first-order chi connectivity index (χ1) is 8.22. The Morgan fingerprint density at radius 1 is 1.41 bits per heavy atom. The number of benzene rings is 1. The van der Waals surface area contributed by atoms with Crippen molar-refractivity contribution < 1.29 is 4.39 Å². The summed E-state index contributed by atoms with van der Waals surface area (Å²) in [5, 5.41) is 0. The fraction of sp³-hybridized carbons (Fsp3) is 0.308. The molecule has 0 aliphatic rings. The van der Waals surface area contributed by atoms with E-state index in [-0.39, 0.29) is 5.82 Å². The van der Waals surface area contributed by atoms with Crippen molar-refractivity contribution in [3.05, 3.63) is 36.4 Å². The lowest BCUT2D eigenvalue weighted by molar-refractivity contribution is 0.628. The molecule has 90 valence electrons. The SMILES string of the molecule is CCCCn1cnc(-c2cccc(F)c2)c1N. The molecule has 2 N–H and O–H groups in total.